The molecule has 10 heteroatoms. The first-order valence-electron chi connectivity index (χ1n) is 3.76. The zero-order valence-electron chi connectivity index (χ0n) is 7.65. The number of rotatable bonds is 4. The van der Waals surface area contributed by atoms with Crippen molar-refractivity contribution in [2.24, 2.45) is 5.14 Å². The molecule has 0 amide bonds. The van der Waals surface area contributed by atoms with Crippen LogP contribution >= 0.6 is 0 Å². The Kier molecular flexibility index (Phi) is 4.16. The van der Waals surface area contributed by atoms with Gasteiger partial charge in [-0.1, -0.05) is 13.3 Å². The van der Waals surface area contributed by atoms with E-state index in [9.17, 15) is 30.0 Å². The summed E-state index contributed by atoms with van der Waals surface area (Å²) in [4.78, 5) is 0. The summed E-state index contributed by atoms with van der Waals surface area (Å²) < 4.78 is 76.5. The Morgan fingerprint density at radius 1 is 1.20 bits per heavy atom. The van der Waals surface area contributed by atoms with Gasteiger partial charge in [0, 0.05) is 0 Å². The summed E-state index contributed by atoms with van der Waals surface area (Å²) in [7, 11) is -10.5. The van der Waals surface area contributed by atoms with E-state index >= 15 is 0 Å². The smallest absolute Gasteiger partial charge is 0.228 e. The summed E-state index contributed by atoms with van der Waals surface area (Å²) in [6.07, 6.45) is -0.725. The Hall–Kier alpha value is -0.350. The van der Waals surface area contributed by atoms with Crippen LogP contribution in [0, 0.1) is 0 Å². The minimum absolute atomic E-state index is 0.0452. The number of alkyl halides is 3. The topological polar surface area (TPSA) is 94.3 Å². The first-order valence-corrected chi connectivity index (χ1v) is 6.92. The molecule has 0 aliphatic heterocycles. The van der Waals surface area contributed by atoms with Crippen LogP contribution < -0.4 is 5.14 Å². The molecule has 0 heterocycles. The van der Waals surface area contributed by atoms with Gasteiger partial charge in [-0.15, -0.1) is 0 Å². The van der Waals surface area contributed by atoms with Crippen molar-refractivity contribution in [3.63, 3.8) is 0 Å². The lowest BCUT2D eigenvalue weighted by molar-refractivity contribution is -0.0439. The van der Waals surface area contributed by atoms with Crippen molar-refractivity contribution < 1.29 is 30.0 Å². The van der Waals surface area contributed by atoms with Crippen molar-refractivity contribution in [3.05, 3.63) is 0 Å². The fourth-order valence-corrected chi connectivity index (χ4v) is 4.03. The quantitative estimate of drug-likeness (QED) is 0.796. The van der Waals surface area contributed by atoms with Gasteiger partial charge in [0.1, 0.15) is 0 Å². The van der Waals surface area contributed by atoms with Crippen LogP contribution in [0.3, 0.4) is 0 Å². The van der Waals surface area contributed by atoms with E-state index in [2.05, 4.69) is 5.14 Å². The van der Waals surface area contributed by atoms with Gasteiger partial charge in [-0.2, -0.15) is 13.2 Å². The van der Waals surface area contributed by atoms with Crippen LogP contribution in [0.2, 0.25) is 0 Å². The molecule has 5 nitrogen and oxygen atoms in total. The molecule has 0 saturated heterocycles. The molecule has 92 valence electrons. The Bertz CT molecular complexity index is 410. The predicted molar refractivity (Wildman–Crippen MR) is 46.8 cm³/mol. The maximum atomic E-state index is 12.0. The summed E-state index contributed by atoms with van der Waals surface area (Å²) >= 11 is 0. The molecule has 0 aromatic heterocycles. The number of nitrogens with two attached hydrogens (primary N) is 1. The van der Waals surface area contributed by atoms with Crippen molar-refractivity contribution in [3.8, 4) is 0 Å². The third-order valence-corrected chi connectivity index (χ3v) is 5.67. The maximum absolute atomic E-state index is 12.0. The fraction of sp³-hybridized carbons (Fsp3) is 1.00. The molecule has 0 aliphatic carbocycles. The number of sulfone groups is 1. The molecule has 2 N–H and O–H groups in total. The summed E-state index contributed by atoms with van der Waals surface area (Å²) in [5, 5.41) is 4.44. The largest absolute Gasteiger partial charge is 0.498 e. The molecular weight excluding hydrogens is 259 g/mol. The van der Waals surface area contributed by atoms with Gasteiger partial charge in [-0.3, -0.25) is 0 Å². The zero-order chi connectivity index (χ0) is 12.5. The van der Waals surface area contributed by atoms with E-state index < -0.39 is 36.4 Å². The molecule has 0 bridgehead atoms. The number of hydrogen-bond donors (Lipinski definition) is 1. The van der Waals surface area contributed by atoms with Crippen molar-refractivity contribution in [1.82, 2.24) is 0 Å². The van der Waals surface area contributed by atoms with Crippen LogP contribution in [0.5, 0.6) is 0 Å². The number of primary sulfonamides is 1. The van der Waals surface area contributed by atoms with E-state index in [-0.39, 0.29) is 6.42 Å². The molecule has 0 rings (SSSR count). The van der Waals surface area contributed by atoms with Crippen molar-refractivity contribution >= 4 is 19.9 Å². The summed E-state index contributed by atoms with van der Waals surface area (Å²) in [5.41, 5.74) is -5.61. The van der Waals surface area contributed by atoms with E-state index in [1.54, 1.807) is 0 Å². The first kappa shape index (κ1) is 14.6. The number of halogens is 3. The van der Waals surface area contributed by atoms with Gasteiger partial charge in [0.2, 0.25) is 10.0 Å². The Morgan fingerprint density at radius 3 is 1.80 bits per heavy atom. The van der Waals surface area contributed by atoms with E-state index in [1.165, 1.54) is 6.92 Å². The highest BCUT2D eigenvalue weighted by atomic mass is 32.3. The van der Waals surface area contributed by atoms with Crippen molar-refractivity contribution in [2.45, 2.75) is 29.9 Å². The number of hydrogen-bond acceptors (Lipinski definition) is 4. The van der Waals surface area contributed by atoms with Gasteiger partial charge in [0.05, 0.1) is 0 Å². The minimum Gasteiger partial charge on any atom is -0.228 e. The third-order valence-electron chi connectivity index (χ3n) is 1.56. The average molecular weight is 269 g/mol. The van der Waals surface area contributed by atoms with Gasteiger partial charge in [-0.25, -0.2) is 22.0 Å². The van der Waals surface area contributed by atoms with Crippen LogP contribution in [-0.4, -0.2) is 26.9 Å². The molecule has 1 unspecified atom stereocenters. The molecule has 1 atom stereocenters. The average Bonchev–Trinajstić information content (AvgIpc) is 1.95. The lowest BCUT2D eigenvalue weighted by Gasteiger charge is -2.16. The minimum atomic E-state index is -5.77. The maximum Gasteiger partial charge on any atom is 0.498 e. The SMILES string of the molecule is CCCC(S(N)(=O)=O)S(=O)(=O)C(F)(F)F. The van der Waals surface area contributed by atoms with E-state index in [0.717, 1.165) is 0 Å². The van der Waals surface area contributed by atoms with Crippen LogP contribution in [0.25, 0.3) is 0 Å². The van der Waals surface area contributed by atoms with Crippen molar-refractivity contribution in [1.29, 1.82) is 0 Å². The fourth-order valence-electron chi connectivity index (χ4n) is 0.881. The lowest BCUT2D eigenvalue weighted by atomic mass is 10.4. The second-order valence-electron chi connectivity index (χ2n) is 2.80. The van der Waals surface area contributed by atoms with Gasteiger partial charge >= 0.3 is 5.51 Å². The molecular formula is C5H10F3NO4S2. The summed E-state index contributed by atoms with van der Waals surface area (Å²) in [5.74, 6) is 0. The Balaban J connectivity index is 5.50. The normalized spacial score (nSPS) is 16.3. The van der Waals surface area contributed by atoms with Crippen LogP contribution in [-0.2, 0) is 19.9 Å². The highest BCUT2D eigenvalue weighted by Crippen LogP contribution is 2.30. The van der Waals surface area contributed by atoms with E-state index in [0.29, 0.717) is 0 Å². The summed E-state index contributed by atoms with van der Waals surface area (Å²) in [6, 6.07) is 0. The van der Waals surface area contributed by atoms with Gasteiger partial charge in [-0.05, 0) is 6.42 Å². The third kappa shape index (κ3) is 3.31. The standard InChI is InChI=1S/C5H10F3NO4S2/c1-2-3-4(15(9,12)13)14(10,11)5(6,7)8/h4H,2-3H2,1H3,(H2,9,12,13). The molecule has 0 saturated carbocycles. The zero-order valence-corrected chi connectivity index (χ0v) is 9.29. The molecule has 0 aromatic rings. The van der Waals surface area contributed by atoms with E-state index in [4.69, 9.17) is 0 Å². The highest BCUT2D eigenvalue weighted by Gasteiger charge is 2.54. The predicted octanol–water partition coefficient (Wildman–Crippen LogP) is 0.336. The van der Waals surface area contributed by atoms with Gasteiger partial charge in [0.15, 0.2) is 4.58 Å². The van der Waals surface area contributed by atoms with Crippen molar-refractivity contribution in [2.75, 3.05) is 0 Å². The Labute approximate surface area is 85.4 Å². The van der Waals surface area contributed by atoms with Crippen LogP contribution in [0.4, 0.5) is 13.2 Å². The van der Waals surface area contributed by atoms with Gasteiger partial charge in [0.25, 0.3) is 9.84 Å². The second-order valence-corrected chi connectivity index (χ2v) is 6.97. The molecule has 0 aromatic carbocycles. The first-order chi connectivity index (χ1) is 6.44. The van der Waals surface area contributed by atoms with Crippen LogP contribution in [0.15, 0.2) is 0 Å². The second kappa shape index (κ2) is 4.26. The molecule has 0 aliphatic rings. The molecule has 0 radical (unpaired) electrons. The molecule has 15 heavy (non-hydrogen) atoms. The highest BCUT2D eigenvalue weighted by molar-refractivity contribution is 8.08. The monoisotopic (exact) mass is 269 g/mol. The molecule has 0 spiro atoms. The van der Waals surface area contributed by atoms with E-state index in [1.807, 2.05) is 0 Å². The molecule has 0 fully saturated rings. The summed E-state index contributed by atoms with van der Waals surface area (Å²) in [6.45, 7) is 1.35. The van der Waals surface area contributed by atoms with Gasteiger partial charge < -0.3 is 0 Å². The Morgan fingerprint density at radius 2 is 1.60 bits per heavy atom. The number of sulfonamides is 1. The lowest BCUT2D eigenvalue weighted by Crippen LogP contribution is -2.42. The van der Waals surface area contributed by atoms with Crippen LogP contribution in [0.1, 0.15) is 19.8 Å².